The molecule has 1 aliphatic heterocycles. The number of amides is 1. The third-order valence-electron chi connectivity index (χ3n) is 5.04. The molecule has 8 heteroatoms. The van der Waals surface area contributed by atoms with E-state index >= 15 is 0 Å². The third-order valence-corrected chi connectivity index (χ3v) is 5.25. The Balaban J connectivity index is 1.33. The van der Waals surface area contributed by atoms with E-state index < -0.39 is 5.91 Å². The summed E-state index contributed by atoms with van der Waals surface area (Å²) in [6.07, 6.45) is 0. The summed E-state index contributed by atoms with van der Waals surface area (Å²) in [5.74, 6) is 0.213. The van der Waals surface area contributed by atoms with Crippen molar-refractivity contribution >= 4 is 40.5 Å². The monoisotopic (exact) mass is 430 g/mol. The van der Waals surface area contributed by atoms with Gasteiger partial charge in [0.2, 0.25) is 6.79 Å². The number of benzene rings is 3. The summed E-state index contributed by atoms with van der Waals surface area (Å²) < 4.78 is 10.5. The first-order valence-electron chi connectivity index (χ1n) is 9.36. The zero-order chi connectivity index (χ0) is 21.5. The lowest BCUT2D eigenvalue weighted by molar-refractivity contribution is 0.0976. The van der Waals surface area contributed by atoms with Gasteiger partial charge in [-0.15, -0.1) is 0 Å². The van der Waals surface area contributed by atoms with Gasteiger partial charge in [0.15, 0.2) is 28.2 Å². The van der Waals surface area contributed by atoms with Gasteiger partial charge in [-0.3, -0.25) is 19.7 Å². The number of hydrogen-bond donors (Lipinski definition) is 2. The van der Waals surface area contributed by atoms with E-state index in [0.717, 1.165) is 0 Å². The van der Waals surface area contributed by atoms with Gasteiger partial charge in [-0.2, -0.15) is 0 Å². The van der Waals surface area contributed by atoms with E-state index in [-0.39, 0.29) is 23.5 Å². The number of carbonyl (C=O) groups excluding carboxylic acids is 3. The van der Waals surface area contributed by atoms with Crippen LogP contribution in [-0.4, -0.2) is 29.4 Å². The van der Waals surface area contributed by atoms with Gasteiger partial charge in [-0.1, -0.05) is 24.3 Å². The molecule has 2 aliphatic rings. The molecule has 3 aromatic rings. The lowest BCUT2D eigenvalue weighted by Crippen LogP contribution is -2.34. The van der Waals surface area contributed by atoms with Crippen molar-refractivity contribution in [3.63, 3.8) is 0 Å². The van der Waals surface area contributed by atoms with E-state index in [1.807, 2.05) is 0 Å². The van der Waals surface area contributed by atoms with E-state index in [1.165, 1.54) is 0 Å². The fourth-order valence-corrected chi connectivity index (χ4v) is 3.76. The Kier molecular flexibility index (Phi) is 4.48. The maximum atomic E-state index is 12.8. The topological polar surface area (TPSA) is 93.7 Å². The standard InChI is InChI=1S/C23H14N2O5S/c26-20-14-3-1-2-4-15(14)21(27)17-10-13(6-7-16(17)20)24-23(31)25-22(28)12-5-8-18-19(9-12)30-11-29-18/h1-10H,11H2,(H2,24,25,28,31). The minimum absolute atomic E-state index is 0.0533. The van der Waals surface area contributed by atoms with Crippen molar-refractivity contribution in [2.45, 2.75) is 0 Å². The average molecular weight is 430 g/mol. The van der Waals surface area contributed by atoms with Gasteiger partial charge >= 0.3 is 0 Å². The van der Waals surface area contributed by atoms with Gasteiger partial charge < -0.3 is 14.8 Å². The van der Waals surface area contributed by atoms with Crippen molar-refractivity contribution in [1.29, 1.82) is 0 Å². The summed E-state index contributed by atoms with van der Waals surface area (Å²) in [6.45, 7) is 0.115. The van der Waals surface area contributed by atoms with E-state index in [9.17, 15) is 14.4 Å². The van der Waals surface area contributed by atoms with E-state index in [2.05, 4.69) is 10.6 Å². The number of nitrogens with one attached hydrogen (secondary N) is 2. The molecule has 0 aromatic heterocycles. The van der Waals surface area contributed by atoms with Crippen LogP contribution in [-0.2, 0) is 0 Å². The van der Waals surface area contributed by atoms with Gasteiger partial charge in [-0.25, -0.2) is 0 Å². The van der Waals surface area contributed by atoms with Crippen LogP contribution >= 0.6 is 12.2 Å². The molecule has 1 aliphatic carbocycles. The predicted octanol–water partition coefficient (Wildman–Crippen LogP) is 3.32. The van der Waals surface area contributed by atoms with Crippen LogP contribution in [0.2, 0.25) is 0 Å². The van der Waals surface area contributed by atoms with Crippen LogP contribution < -0.4 is 20.1 Å². The van der Waals surface area contributed by atoms with Crippen LogP contribution in [0, 0.1) is 0 Å². The first-order valence-corrected chi connectivity index (χ1v) is 9.76. The molecule has 3 aromatic carbocycles. The summed E-state index contributed by atoms with van der Waals surface area (Å²) in [5, 5.41) is 5.52. The molecule has 0 fully saturated rings. The molecule has 0 saturated heterocycles. The van der Waals surface area contributed by atoms with Gasteiger partial charge in [-0.05, 0) is 48.6 Å². The fourth-order valence-electron chi connectivity index (χ4n) is 3.55. The highest BCUT2D eigenvalue weighted by molar-refractivity contribution is 7.80. The smallest absolute Gasteiger partial charge is 0.257 e. The first kappa shape index (κ1) is 19.0. The maximum absolute atomic E-state index is 12.8. The summed E-state index contributed by atoms with van der Waals surface area (Å²) >= 11 is 5.23. The number of ether oxygens (including phenoxy) is 2. The molecule has 7 nitrogen and oxygen atoms in total. The molecule has 0 saturated carbocycles. The number of anilines is 1. The quantitative estimate of drug-likeness (QED) is 0.471. The summed E-state index contributed by atoms with van der Waals surface area (Å²) in [7, 11) is 0. The van der Waals surface area contributed by atoms with Crippen molar-refractivity contribution in [2.75, 3.05) is 12.1 Å². The molecule has 1 amide bonds. The van der Waals surface area contributed by atoms with Crippen molar-refractivity contribution in [1.82, 2.24) is 5.32 Å². The molecule has 0 bridgehead atoms. The average Bonchev–Trinajstić information content (AvgIpc) is 3.25. The molecular weight excluding hydrogens is 416 g/mol. The van der Waals surface area contributed by atoms with Crippen LogP contribution in [0.15, 0.2) is 60.7 Å². The fraction of sp³-hybridized carbons (Fsp3) is 0.0435. The van der Waals surface area contributed by atoms with Crippen molar-refractivity contribution in [2.24, 2.45) is 0 Å². The van der Waals surface area contributed by atoms with Crippen molar-refractivity contribution < 1.29 is 23.9 Å². The first-order chi connectivity index (χ1) is 15.0. The number of rotatable bonds is 2. The molecule has 5 rings (SSSR count). The minimum Gasteiger partial charge on any atom is -0.454 e. The highest BCUT2D eigenvalue weighted by atomic mass is 32.1. The van der Waals surface area contributed by atoms with Gasteiger partial charge in [0.05, 0.1) is 0 Å². The Morgan fingerprint density at radius 3 is 2.26 bits per heavy atom. The highest BCUT2D eigenvalue weighted by Crippen LogP contribution is 2.32. The molecule has 0 atom stereocenters. The second kappa shape index (κ2) is 7.33. The molecular formula is C23H14N2O5S. The largest absolute Gasteiger partial charge is 0.454 e. The second-order valence-electron chi connectivity index (χ2n) is 6.94. The zero-order valence-corrected chi connectivity index (χ0v) is 16.7. The SMILES string of the molecule is O=C(NC(=S)Nc1ccc2c(c1)C(=O)c1ccccc1C2=O)c1ccc2c(c1)OCO2. The van der Waals surface area contributed by atoms with Crippen molar-refractivity contribution in [3.8, 4) is 11.5 Å². The molecule has 0 radical (unpaired) electrons. The van der Waals surface area contributed by atoms with E-state index in [1.54, 1.807) is 60.7 Å². The Morgan fingerprint density at radius 1 is 0.806 bits per heavy atom. The van der Waals surface area contributed by atoms with E-state index in [0.29, 0.717) is 45.0 Å². The van der Waals surface area contributed by atoms with E-state index in [4.69, 9.17) is 21.7 Å². The van der Waals surface area contributed by atoms with Gasteiger partial charge in [0.1, 0.15) is 0 Å². The molecule has 31 heavy (non-hydrogen) atoms. The highest BCUT2D eigenvalue weighted by Gasteiger charge is 2.29. The summed E-state index contributed by atoms with van der Waals surface area (Å²) in [6, 6.07) is 16.3. The third kappa shape index (κ3) is 3.32. The lowest BCUT2D eigenvalue weighted by Gasteiger charge is -2.18. The van der Waals surface area contributed by atoms with Crippen LogP contribution in [0.1, 0.15) is 42.2 Å². The Morgan fingerprint density at radius 2 is 1.48 bits per heavy atom. The number of fused-ring (bicyclic) bond motifs is 3. The van der Waals surface area contributed by atoms with Crippen LogP contribution in [0.5, 0.6) is 11.5 Å². The molecule has 152 valence electrons. The summed E-state index contributed by atoms with van der Waals surface area (Å²) in [4.78, 5) is 38.0. The van der Waals surface area contributed by atoms with Gasteiger partial charge in [0, 0.05) is 33.5 Å². The van der Waals surface area contributed by atoms with Crippen LogP contribution in [0.3, 0.4) is 0 Å². The Hall–Kier alpha value is -4.04. The number of carbonyl (C=O) groups is 3. The Bertz CT molecular complexity index is 1300. The Labute approximate surface area is 182 Å². The molecule has 2 N–H and O–H groups in total. The maximum Gasteiger partial charge on any atom is 0.257 e. The molecule has 0 spiro atoms. The number of hydrogen-bond acceptors (Lipinski definition) is 6. The summed E-state index contributed by atoms with van der Waals surface area (Å²) in [5.41, 5.74) is 2.23. The molecule has 1 heterocycles. The second-order valence-corrected chi connectivity index (χ2v) is 7.35. The minimum atomic E-state index is -0.422. The van der Waals surface area contributed by atoms with Gasteiger partial charge in [0.25, 0.3) is 5.91 Å². The number of ketones is 2. The normalized spacial score (nSPS) is 13.3. The number of thiocarbonyl (C=S) groups is 1. The lowest BCUT2D eigenvalue weighted by atomic mass is 9.84. The zero-order valence-electron chi connectivity index (χ0n) is 15.9. The molecule has 0 unspecified atom stereocenters. The predicted molar refractivity (Wildman–Crippen MR) is 116 cm³/mol. The van der Waals surface area contributed by atoms with Crippen LogP contribution in [0.25, 0.3) is 0 Å². The van der Waals surface area contributed by atoms with Crippen LogP contribution in [0.4, 0.5) is 5.69 Å². The van der Waals surface area contributed by atoms with Crippen molar-refractivity contribution in [3.05, 3.63) is 88.5 Å².